The maximum Gasteiger partial charge on any atom is 0.171 e. The maximum absolute atomic E-state index is 6.28. The van der Waals surface area contributed by atoms with Crippen LogP contribution in [0.1, 0.15) is 0 Å². The van der Waals surface area contributed by atoms with Crippen LogP contribution in [0.3, 0.4) is 0 Å². The Balaban J connectivity index is 3.00. The third-order valence-corrected chi connectivity index (χ3v) is 45.1. The zero-order valence-electron chi connectivity index (χ0n) is 10.5. The normalized spacial score (nSPS) is 34.1. The van der Waals surface area contributed by atoms with Crippen molar-refractivity contribution in [3.8, 4) is 0 Å². The molecule has 0 aromatic heterocycles. The van der Waals surface area contributed by atoms with E-state index in [2.05, 4.69) is 39.3 Å². The van der Waals surface area contributed by atoms with E-state index in [1.807, 2.05) is 0 Å². The molecule has 0 saturated carbocycles. The van der Waals surface area contributed by atoms with Gasteiger partial charge in [0.25, 0.3) is 0 Å². The van der Waals surface area contributed by atoms with Crippen LogP contribution in [0, 0.1) is 0 Å². The van der Waals surface area contributed by atoms with E-state index >= 15 is 0 Å². The minimum Gasteiger partial charge on any atom is -0.416 e. The van der Waals surface area contributed by atoms with Gasteiger partial charge in [-0.05, 0) is 19.1 Å². The molecule has 1 saturated heterocycles. The van der Waals surface area contributed by atoms with Gasteiger partial charge in [0.1, 0.15) is 0 Å². The lowest BCUT2D eigenvalue weighted by molar-refractivity contribution is 0.223. The minimum absolute atomic E-state index is 0.374. The first-order valence-electron chi connectivity index (χ1n) is 5.52. The van der Waals surface area contributed by atoms with Crippen molar-refractivity contribution in [2.75, 3.05) is 6.54 Å². The van der Waals surface area contributed by atoms with Gasteiger partial charge in [0.2, 0.25) is 0 Å². The Bertz CT molecular complexity index is 208. The van der Waals surface area contributed by atoms with Gasteiger partial charge in [-0.25, -0.2) is 0 Å². The van der Waals surface area contributed by atoms with Crippen LogP contribution in [0.15, 0.2) is 0 Å². The predicted molar refractivity (Wildman–Crippen MR) is 71.2 cm³/mol. The summed E-state index contributed by atoms with van der Waals surface area (Å²) in [6, 6.07) is 1.29. The molecule has 1 heterocycles. The Morgan fingerprint density at radius 2 is 1.64 bits per heavy atom. The lowest BCUT2D eigenvalue weighted by atomic mass is 10.4. The summed E-state index contributed by atoms with van der Waals surface area (Å²) in [7, 11) is -3.56. The lowest BCUT2D eigenvalue weighted by Crippen LogP contribution is -2.76. The van der Waals surface area contributed by atoms with Crippen molar-refractivity contribution in [2.45, 2.75) is 51.4 Å². The molecule has 0 aromatic carbocycles. The molecule has 0 radical (unpaired) electrons. The van der Waals surface area contributed by atoms with Gasteiger partial charge in [-0.2, -0.15) is 0 Å². The highest BCUT2D eigenvalue weighted by Crippen LogP contribution is 2.38. The molecule has 1 aliphatic rings. The standard InChI is InChI=1S/C9H25NOSi3/c1-12(2)8-9(7-10)11-13(3,4)14(12,5)6/h9H,7-8,10H2,1-6H3. The highest BCUT2D eigenvalue weighted by molar-refractivity contribution is 7.67. The Labute approximate surface area is 90.9 Å². The molecule has 1 unspecified atom stereocenters. The van der Waals surface area contributed by atoms with Gasteiger partial charge in [-0.15, -0.1) is 0 Å². The molecule has 5 heteroatoms. The minimum atomic E-state index is -1.42. The molecule has 1 rings (SSSR count). The van der Waals surface area contributed by atoms with Crippen molar-refractivity contribution in [2.24, 2.45) is 5.73 Å². The molecular formula is C9H25NOSi3. The topological polar surface area (TPSA) is 35.2 Å². The largest absolute Gasteiger partial charge is 0.416 e. The molecule has 0 aliphatic carbocycles. The van der Waals surface area contributed by atoms with Crippen molar-refractivity contribution in [1.82, 2.24) is 0 Å². The second-order valence-corrected chi connectivity index (χ2v) is 33.6. The van der Waals surface area contributed by atoms with Crippen LogP contribution in [-0.4, -0.2) is 35.2 Å². The molecule has 0 spiro atoms. The average Bonchev–Trinajstić information content (AvgIpc) is 1.99. The average molecular weight is 248 g/mol. The third-order valence-electron chi connectivity index (χ3n) is 4.66. The van der Waals surface area contributed by atoms with Gasteiger partial charge in [0.15, 0.2) is 7.83 Å². The maximum atomic E-state index is 6.28. The van der Waals surface area contributed by atoms with E-state index in [0.29, 0.717) is 6.10 Å². The third kappa shape index (κ3) is 1.80. The highest BCUT2D eigenvalue weighted by atomic mass is 29.6. The van der Waals surface area contributed by atoms with Gasteiger partial charge < -0.3 is 10.2 Å². The molecule has 0 aromatic rings. The fourth-order valence-corrected chi connectivity index (χ4v) is 32.0. The first-order chi connectivity index (χ1) is 6.14. The van der Waals surface area contributed by atoms with Crippen LogP contribution in [0.5, 0.6) is 0 Å². The molecule has 2 N–H and O–H groups in total. The molecule has 1 fully saturated rings. The summed E-state index contributed by atoms with van der Waals surface area (Å²) in [5, 5.41) is 0. The lowest BCUT2D eigenvalue weighted by Gasteiger charge is -2.54. The first kappa shape index (κ1) is 12.6. The molecule has 0 amide bonds. The summed E-state index contributed by atoms with van der Waals surface area (Å²) in [6.07, 6.45) is 0.374. The SMILES string of the molecule is C[Si]1(C)CC(CN)O[Si](C)(C)[Si]1(C)C. The summed E-state index contributed by atoms with van der Waals surface area (Å²) >= 11 is 0. The molecule has 84 valence electrons. The smallest absolute Gasteiger partial charge is 0.171 e. The van der Waals surface area contributed by atoms with Crippen LogP contribution in [0.2, 0.25) is 45.3 Å². The van der Waals surface area contributed by atoms with E-state index in [0.717, 1.165) is 6.54 Å². The van der Waals surface area contributed by atoms with Gasteiger partial charge in [0, 0.05) is 14.1 Å². The predicted octanol–water partition coefficient (Wildman–Crippen LogP) is 2.12. The Morgan fingerprint density at radius 1 is 1.14 bits per heavy atom. The van der Waals surface area contributed by atoms with Crippen molar-refractivity contribution in [3.05, 3.63) is 0 Å². The van der Waals surface area contributed by atoms with Crippen LogP contribution >= 0.6 is 0 Å². The number of rotatable bonds is 1. The van der Waals surface area contributed by atoms with E-state index in [4.69, 9.17) is 10.2 Å². The second kappa shape index (κ2) is 3.55. The molecule has 0 bridgehead atoms. The van der Waals surface area contributed by atoms with E-state index < -0.39 is 22.5 Å². The quantitative estimate of drug-likeness (QED) is 0.721. The zero-order chi connectivity index (χ0) is 11.2. The summed E-state index contributed by atoms with van der Waals surface area (Å²) < 4.78 is 6.28. The number of hydrogen-bond acceptors (Lipinski definition) is 2. The van der Waals surface area contributed by atoms with Crippen LogP contribution in [-0.2, 0) is 4.43 Å². The molecule has 1 atom stereocenters. The van der Waals surface area contributed by atoms with Gasteiger partial charge in [0.05, 0.1) is 13.2 Å². The molecule has 2 nitrogen and oxygen atoms in total. The van der Waals surface area contributed by atoms with Gasteiger partial charge >= 0.3 is 0 Å². The number of nitrogens with two attached hydrogens (primary N) is 1. The van der Waals surface area contributed by atoms with Crippen LogP contribution in [0.4, 0.5) is 0 Å². The van der Waals surface area contributed by atoms with Crippen molar-refractivity contribution >= 4 is 22.5 Å². The van der Waals surface area contributed by atoms with Gasteiger partial charge in [-0.3, -0.25) is 0 Å². The van der Waals surface area contributed by atoms with E-state index in [-0.39, 0.29) is 0 Å². The number of hydrogen-bond donors (Lipinski definition) is 1. The highest BCUT2D eigenvalue weighted by Gasteiger charge is 2.58. The molecule has 1 aliphatic heterocycles. The van der Waals surface area contributed by atoms with Crippen LogP contribution < -0.4 is 5.73 Å². The van der Waals surface area contributed by atoms with Crippen molar-refractivity contribution < 1.29 is 4.43 Å². The second-order valence-electron chi connectivity index (χ2n) is 6.20. The Kier molecular flexibility index (Phi) is 3.21. The fraction of sp³-hybridized carbons (Fsp3) is 1.00. The molecule has 14 heavy (non-hydrogen) atoms. The zero-order valence-corrected chi connectivity index (χ0v) is 13.5. The van der Waals surface area contributed by atoms with Crippen molar-refractivity contribution in [1.29, 1.82) is 0 Å². The van der Waals surface area contributed by atoms with Crippen molar-refractivity contribution in [3.63, 3.8) is 0 Å². The molecular weight excluding hydrogens is 222 g/mol. The van der Waals surface area contributed by atoms with E-state index in [1.54, 1.807) is 0 Å². The Morgan fingerprint density at radius 3 is 2.00 bits per heavy atom. The van der Waals surface area contributed by atoms with Gasteiger partial charge in [-0.1, -0.05) is 26.2 Å². The summed E-state index contributed by atoms with van der Waals surface area (Å²) in [6.45, 7) is 15.8. The first-order valence-corrected chi connectivity index (χ1v) is 16.6. The fourth-order valence-electron chi connectivity index (χ4n) is 2.38. The van der Waals surface area contributed by atoms with E-state index in [9.17, 15) is 0 Å². The van der Waals surface area contributed by atoms with E-state index in [1.165, 1.54) is 6.04 Å². The summed E-state index contributed by atoms with van der Waals surface area (Å²) in [4.78, 5) is 0. The monoisotopic (exact) mass is 247 g/mol. The van der Waals surface area contributed by atoms with Crippen LogP contribution in [0.25, 0.3) is 0 Å². The summed E-state index contributed by atoms with van der Waals surface area (Å²) in [5.41, 5.74) is 5.77. The Hall–Kier alpha value is 0.571. The summed E-state index contributed by atoms with van der Waals surface area (Å²) in [5.74, 6) is 0.